The number of nitrogens with zero attached hydrogens (tertiary/aromatic N) is 3. The van der Waals surface area contributed by atoms with Crippen molar-refractivity contribution in [1.82, 2.24) is 14.9 Å². The zero-order valence-electron chi connectivity index (χ0n) is 18.9. The zero-order valence-corrected chi connectivity index (χ0v) is 18.9. The van der Waals surface area contributed by atoms with Crippen LogP contribution in [-0.2, 0) is 15.8 Å². The van der Waals surface area contributed by atoms with Crippen molar-refractivity contribution in [3.8, 4) is 0 Å². The molecule has 1 aromatic heterocycles. The van der Waals surface area contributed by atoms with Crippen molar-refractivity contribution in [2.24, 2.45) is 5.92 Å². The maximum absolute atomic E-state index is 13.0. The summed E-state index contributed by atoms with van der Waals surface area (Å²) in [5.41, 5.74) is 0.675. The highest BCUT2D eigenvalue weighted by atomic mass is 19.4. The number of fused-ring (bicyclic) bond motifs is 1. The van der Waals surface area contributed by atoms with Crippen LogP contribution >= 0.6 is 0 Å². The fourth-order valence-electron chi connectivity index (χ4n) is 4.10. The number of benzene rings is 2. The lowest BCUT2D eigenvalue weighted by molar-refractivity contribution is -0.149. The third-order valence-corrected chi connectivity index (χ3v) is 6.06. The van der Waals surface area contributed by atoms with Crippen LogP contribution in [0, 0.1) is 12.8 Å². The molecule has 1 amide bonds. The summed E-state index contributed by atoms with van der Waals surface area (Å²) in [6, 6.07) is 7.90. The lowest BCUT2D eigenvalue weighted by Crippen LogP contribution is -2.51. The molecule has 3 N–H and O–H groups in total. The minimum atomic E-state index is -4.51. The molecule has 188 valence electrons. The number of carboxylic acid groups (broad SMARTS) is 2. The van der Waals surface area contributed by atoms with Crippen molar-refractivity contribution in [1.29, 1.82) is 0 Å². The normalized spacial score (nSPS) is 18.2. The summed E-state index contributed by atoms with van der Waals surface area (Å²) in [6.45, 7) is 1.65. The number of carboxylic acids is 2. The Balaban J connectivity index is 1.53. The molecule has 2 atom stereocenters. The summed E-state index contributed by atoms with van der Waals surface area (Å²) in [4.78, 5) is 45.6. The van der Waals surface area contributed by atoms with Gasteiger partial charge in [0.25, 0.3) is 5.91 Å². The van der Waals surface area contributed by atoms with Gasteiger partial charge in [0.1, 0.15) is 6.04 Å². The van der Waals surface area contributed by atoms with Gasteiger partial charge in [-0.15, -0.1) is 0 Å². The molecule has 4 rings (SSSR count). The highest BCUT2D eigenvalue weighted by molar-refractivity contribution is 5.97. The number of aliphatic carboxylic acids is 2. The summed E-state index contributed by atoms with van der Waals surface area (Å²) in [5.74, 6) is -3.50. The highest BCUT2D eigenvalue weighted by Crippen LogP contribution is 2.32. The molecule has 36 heavy (non-hydrogen) atoms. The number of nitrogens with one attached hydrogen (secondary N) is 1. The van der Waals surface area contributed by atoms with E-state index in [4.69, 9.17) is 0 Å². The van der Waals surface area contributed by atoms with E-state index in [9.17, 15) is 37.8 Å². The number of piperidine rings is 1. The van der Waals surface area contributed by atoms with Crippen LogP contribution in [0.3, 0.4) is 0 Å². The third-order valence-electron chi connectivity index (χ3n) is 6.06. The lowest BCUT2D eigenvalue weighted by atomic mass is 9.90. The molecule has 2 unspecified atom stereocenters. The summed E-state index contributed by atoms with van der Waals surface area (Å²) >= 11 is 0. The van der Waals surface area contributed by atoms with Gasteiger partial charge in [-0.25, -0.2) is 14.8 Å². The molecule has 2 heterocycles. The molecule has 1 fully saturated rings. The van der Waals surface area contributed by atoms with Crippen molar-refractivity contribution in [3.05, 3.63) is 59.3 Å². The van der Waals surface area contributed by atoms with Gasteiger partial charge in [-0.3, -0.25) is 9.59 Å². The fourth-order valence-corrected chi connectivity index (χ4v) is 4.10. The number of amides is 1. The highest BCUT2D eigenvalue weighted by Gasteiger charge is 2.39. The molecule has 0 bridgehead atoms. The average molecular weight is 502 g/mol. The molecule has 0 aliphatic carbocycles. The van der Waals surface area contributed by atoms with Crippen LogP contribution in [0.1, 0.15) is 34.5 Å². The van der Waals surface area contributed by atoms with Crippen LogP contribution in [0.4, 0.5) is 24.7 Å². The molecule has 1 saturated heterocycles. The van der Waals surface area contributed by atoms with E-state index in [2.05, 4.69) is 15.3 Å². The van der Waals surface area contributed by atoms with Crippen LogP contribution in [-0.4, -0.2) is 55.5 Å². The first kappa shape index (κ1) is 24.9. The zero-order chi connectivity index (χ0) is 26.2. The molecule has 9 nitrogen and oxygen atoms in total. The Kier molecular flexibility index (Phi) is 6.53. The van der Waals surface area contributed by atoms with Crippen LogP contribution < -0.4 is 5.32 Å². The predicted molar refractivity (Wildman–Crippen MR) is 122 cm³/mol. The van der Waals surface area contributed by atoms with Gasteiger partial charge < -0.3 is 20.4 Å². The van der Waals surface area contributed by atoms with Gasteiger partial charge in [0.15, 0.2) is 5.82 Å². The number of hydrogen-bond acceptors (Lipinski definition) is 6. The number of aromatic nitrogens is 2. The molecule has 0 spiro atoms. The largest absolute Gasteiger partial charge is 0.481 e. The maximum Gasteiger partial charge on any atom is 0.416 e. The first-order valence-corrected chi connectivity index (χ1v) is 10.9. The summed E-state index contributed by atoms with van der Waals surface area (Å²) in [6.07, 6.45) is -4.54. The Morgan fingerprint density at radius 3 is 2.31 bits per heavy atom. The average Bonchev–Trinajstić information content (AvgIpc) is 2.83. The van der Waals surface area contributed by atoms with Gasteiger partial charge in [-0.05, 0) is 62.2 Å². The number of aryl methyl sites for hydroxylation is 1. The second-order valence-corrected chi connectivity index (χ2v) is 8.47. The van der Waals surface area contributed by atoms with E-state index < -0.39 is 41.5 Å². The SMILES string of the molecule is Cc1nc2ccc(C(F)(F)F)cc2nc1Nc1ccc(C(=O)N2CCC(C(=O)O)CC2C(=O)O)cc1. The predicted octanol–water partition coefficient (Wildman–Crippen LogP) is 4.09. The van der Waals surface area contributed by atoms with Crippen molar-refractivity contribution in [3.63, 3.8) is 0 Å². The number of rotatable bonds is 5. The molecule has 2 aromatic carbocycles. The van der Waals surface area contributed by atoms with E-state index in [0.717, 1.165) is 17.0 Å². The lowest BCUT2D eigenvalue weighted by Gasteiger charge is -2.35. The fraction of sp³-hybridized carbons (Fsp3) is 0.292. The quantitative estimate of drug-likeness (QED) is 0.475. The van der Waals surface area contributed by atoms with Crippen LogP contribution in [0.5, 0.6) is 0 Å². The van der Waals surface area contributed by atoms with Gasteiger partial charge in [-0.2, -0.15) is 13.2 Å². The Hall–Kier alpha value is -4.22. The Labute approximate surface area is 202 Å². The number of alkyl halides is 3. The van der Waals surface area contributed by atoms with E-state index in [1.165, 1.54) is 18.2 Å². The molecule has 0 saturated carbocycles. The number of anilines is 2. The standard InChI is InChI=1S/C24H21F3N4O5/c1-12-20(30-18-11-15(24(25,26)27)4-7-17(18)28-12)29-16-5-2-13(3-6-16)21(32)31-9-8-14(22(33)34)10-19(31)23(35)36/h2-7,11,14,19H,8-10H2,1H3,(H,29,30)(H,33,34)(H,35,36). The molecule has 1 aliphatic heterocycles. The Morgan fingerprint density at radius 1 is 1.00 bits per heavy atom. The van der Waals surface area contributed by atoms with E-state index in [0.29, 0.717) is 16.9 Å². The van der Waals surface area contributed by atoms with Gasteiger partial charge in [0.05, 0.1) is 28.2 Å². The van der Waals surface area contributed by atoms with Crippen molar-refractivity contribution in [2.45, 2.75) is 32.0 Å². The third kappa shape index (κ3) is 5.07. The minimum absolute atomic E-state index is 0.00143. The Morgan fingerprint density at radius 2 is 1.69 bits per heavy atom. The van der Waals surface area contributed by atoms with E-state index in [1.807, 2.05) is 0 Å². The van der Waals surface area contributed by atoms with Crippen LogP contribution in [0.15, 0.2) is 42.5 Å². The molecule has 0 radical (unpaired) electrons. The molecule has 3 aromatic rings. The summed E-state index contributed by atoms with van der Waals surface area (Å²) in [5, 5.41) is 21.7. The maximum atomic E-state index is 13.0. The van der Waals surface area contributed by atoms with Gasteiger partial charge in [0, 0.05) is 17.8 Å². The topological polar surface area (TPSA) is 133 Å². The number of hydrogen-bond donors (Lipinski definition) is 3. The van der Waals surface area contributed by atoms with Crippen LogP contribution in [0.2, 0.25) is 0 Å². The smallest absolute Gasteiger partial charge is 0.416 e. The molecule has 1 aliphatic rings. The van der Waals surface area contributed by atoms with E-state index >= 15 is 0 Å². The number of carbonyl (C=O) groups is 3. The summed E-state index contributed by atoms with van der Waals surface area (Å²) in [7, 11) is 0. The van der Waals surface area contributed by atoms with E-state index in [1.54, 1.807) is 19.1 Å². The van der Waals surface area contributed by atoms with Gasteiger partial charge in [0.2, 0.25) is 0 Å². The number of likely N-dealkylation sites (tertiary alicyclic amines) is 1. The van der Waals surface area contributed by atoms with Gasteiger partial charge in [-0.1, -0.05) is 0 Å². The second-order valence-electron chi connectivity index (χ2n) is 8.47. The summed E-state index contributed by atoms with van der Waals surface area (Å²) < 4.78 is 39.1. The number of carbonyl (C=O) groups excluding carboxylic acids is 1. The number of halogens is 3. The Bertz CT molecular complexity index is 1340. The van der Waals surface area contributed by atoms with Crippen molar-refractivity contribution < 1.29 is 37.8 Å². The van der Waals surface area contributed by atoms with Crippen LogP contribution in [0.25, 0.3) is 11.0 Å². The van der Waals surface area contributed by atoms with Crippen molar-refractivity contribution in [2.75, 3.05) is 11.9 Å². The second kappa shape index (κ2) is 9.44. The monoisotopic (exact) mass is 502 g/mol. The van der Waals surface area contributed by atoms with Crippen molar-refractivity contribution >= 4 is 40.4 Å². The first-order valence-electron chi connectivity index (χ1n) is 10.9. The molecule has 12 heteroatoms. The molecular formula is C24H21F3N4O5. The van der Waals surface area contributed by atoms with Gasteiger partial charge >= 0.3 is 18.1 Å². The minimum Gasteiger partial charge on any atom is -0.481 e. The first-order chi connectivity index (χ1) is 16.9. The van der Waals surface area contributed by atoms with E-state index in [-0.39, 0.29) is 36.3 Å². The molecular weight excluding hydrogens is 481 g/mol.